The van der Waals surface area contributed by atoms with E-state index in [-0.39, 0.29) is 11.7 Å². The lowest BCUT2D eigenvalue weighted by Gasteiger charge is -2.29. The van der Waals surface area contributed by atoms with Crippen LogP contribution in [0.15, 0.2) is 0 Å². The standard InChI is InChI=1S/C13H26NO2Si/c1-5-7-9-14(10-8-11-17)12(15)16-13(3,4)6-2/h5-11H2,1-4H3. The number of nitrogens with zero attached hydrogens (tertiary/aromatic N) is 1. The Hall–Kier alpha value is -0.513. The molecule has 0 bridgehead atoms. The monoisotopic (exact) mass is 256 g/mol. The maximum atomic E-state index is 12.0. The number of amides is 1. The lowest BCUT2D eigenvalue weighted by molar-refractivity contribution is 0.0112. The number of hydrogen-bond donors (Lipinski definition) is 0. The van der Waals surface area contributed by atoms with Crippen molar-refractivity contribution in [2.24, 2.45) is 0 Å². The zero-order valence-corrected chi connectivity index (χ0v) is 12.7. The molecule has 0 aliphatic rings. The molecule has 3 nitrogen and oxygen atoms in total. The van der Waals surface area contributed by atoms with Crippen molar-refractivity contribution in [3.63, 3.8) is 0 Å². The Labute approximate surface area is 109 Å². The van der Waals surface area contributed by atoms with Gasteiger partial charge in [0, 0.05) is 23.3 Å². The highest BCUT2D eigenvalue weighted by atomic mass is 28.1. The van der Waals surface area contributed by atoms with Gasteiger partial charge in [-0.15, -0.1) is 0 Å². The molecule has 4 heteroatoms. The molecule has 1 amide bonds. The van der Waals surface area contributed by atoms with E-state index in [2.05, 4.69) is 17.2 Å². The second-order valence-corrected chi connectivity index (χ2v) is 5.43. The Bertz CT molecular complexity index is 211. The molecule has 0 saturated heterocycles. The van der Waals surface area contributed by atoms with E-state index < -0.39 is 0 Å². The predicted octanol–water partition coefficient (Wildman–Crippen LogP) is 3.39. The fourth-order valence-electron chi connectivity index (χ4n) is 1.29. The molecule has 0 aliphatic carbocycles. The molecule has 17 heavy (non-hydrogen) atoms. The van der Waals surface area contributed by atoms with Gasteiger partial charge in [-0.1, -0.05) is 26.3 Å². The highest BCUT2D eigenvalue weighted by Crippen LogP contribution is 2.16. The third-order valence-electron chi connectivity index (χ3n) is 2.86. The minimum Gasteiger partial charge on any atom is -0.443 e. The van der Waals surface area contributed by atoms with Gasteiger partial charge in [0.1, 0.15) is 5.60 Å². The first-order valence-corrected chi connectivity index (χ1v) is 7.30. The molecule has 0 heterocycles. The Kier molecular flexibility index (Phi) is 8.30. The first kappa shape index (κ1) is 16.5. The van der Waals surface area contributed by atoms with Crippen LogP contribution >= 0.6 is 0 Å². The first-order valence-electron chi connectivity index (χ1n) is 6.59. The number of unbranched alkanes of at least 4 members (excludes halogenated alkanes) is 1. The summed E-state index contributed by atoms with van der Waals surface area (Å²) >= 11 is 0. The smallest absolute Gasteiger partial charge is 0.410 e. The van der Waals surface area contributed by atoms with E-state index in [0.717, 1.165) is 44.8 Å². The largest absolute Gasteiger partial charge is 0.443 e. The molecule has 0 unspecified atom stereocenters. The van der Waals surface area contributed by atoms with Crippen LogP contribution in [0.1, 0.15) is 53.4 Å². The number of rotatable bonds is 8. The zero-order valence-electron chi connectivity index (χ0n) is 11.7. The van der Waals surface area contributed by atoms with Gasteiger partial charge in [0.05, 0.1) is 0 Å². The Morgan fingerprint density at radius 1 is 1.24 bits per heavy atom. The molecule has 0 spiro atoms. The normalized spacial score (nSPS) is 11.4. The third kappa shape index (κ3) is 7.42. The van der Waals surface area contributed by atoms with E-state index in [1.54, 1.807) is 0 Å². The van der Waals surface area contributed by atoms with Crippen LogP contribution in [0, 0.1) is 0 Å². The van der Waals surface area contributed by atoms with Gasteiger partial charge >= 0.3 is 6.09 Å². The van der Waals surface area contributed by atoms with E-state index in [1.807, 2.05) is 25.7 Å². The van der Waals surface area contributed by atoms with Crippen LogP contribution < -0.4 is 0 Å². The summed E-state index contributed by atoms with van der Waals surface area (Å²) in [5.41, 5.74) is -0.366. The number of carbonyl (C=O) groups excluding carboxylic acids is 1. The summed E-state index contributed by atoms with van der Waals surface area (Å²) in [6.45, 7) is 9.62. The molecule has 0 aromatic carbocycles. The van der Waals surface area contributed by atoms with E-state index in [9.17, 15) is 4.79 Å². The molecule has 99 valence electrons. The third-order valence-corrected chi connectivity index (χ3v) is 3.21. The van der Waals surface area contributed by atoms with Crippen LogP contribution in [-0.2, 0) is 4.74 Å². The SMILES string of the molecule is CCCCN(CCC[Si])C(=O)OC(C)(C)CC. The first-order chi connectivity index (χ1) is 7.96. The summed E-state index contributed by atoms with van der Waals surface area (Å²) in [6.07, 6.45) is 3.74. The van der Waals surface area contributed by atoms with Gasteiger partial charge in [0.15, 0.2) is 0 Å². The molecule has 0 aliphatic heterocycles. The molecule has 0 saturated carbocycles. The zero-order chi connectivity index (χ0) is 13.3. The van der Waals surface area contributed by atoms with Gasteiger partial charge in [-0.2, -0.15) is 0 Å². The van der Waals surface area contributed by atoms with Crippen molar-refractivity contribution in [1.82, 2.24) is 4.90 Å². The Balaban J connectivity index is 4.30. The molecule has 0 rings (SSSR count). The van der Waals surface area contributed by atoms with Crippen molar-refractivity contribution in [2.75, 3.05) is 13.1 Å². The van der Waals surface area contributed by atoms with Crippen molar-refractivity contribution in [3.8, 4) is 0 Å². The number of ether oxygens (including phenoxy) is 1. The fraction of sp³-hybridized carbons (Fsp3) is 0.923. The molecule has 3 radical (unpaired) electrons. The van der Waals surface area contributed by atoms with Gasteiger partial charge in [0.2, 0.25) is 0 Å². The van der Waals surface area contributed by atoms with E-state index in [0.29, 0.717) is 0 Å². The van der Waals surface area contributed by atoms with Gasteiger partial charge in [-0.25, -0.2) is 4.79 Å². The summed E-state index contributed by atoms with van der Waals surface area (Å²) < 4.78 is 5.51. The molecular formula is C13H26NO2Si. The number of hydrogen-bond acceptors (Lipinski definition) is 2. The van der Waals surface area contributed by atoms with Crippen molar-refractivity contribution < 1.29 is 9.53 Å². The average molecular weight is 256 g/mol. The minimum atomic E-state index is -0.366. The molecule has 0 fully saturated rings. The number of carbonyl (C=O) groups is 1. The molecule has 0 atom stereocenters. The van der Waals surface area contributed by atoms with Crippen molar-refractivity contribution in [2.45, 2.75) is 65.0 Å². The van der Waals surface area contributed by atoms with Crippen LogP contribution in [0.5, 0.6) is 0 Å². The van der Waals surface area contributed by atoms with Gasteiger partial charge in [-0.3, -0.25) is 0 Å². The predicted molar refractivity (Wildman–Crippen MR) is 72.5 cm³/mol. The van der Waals surface area contributed by atoms with Crippen LogP contribution in [-0.4, -0.2) is 39.9 Å². The van der Waals surface area contributed by atoms with E-state index in [1.165, 1.54) is 0 Å². The lowest BCUT2D eigenvalue weighted by Crippen LogP contribution is -2.39. The lowest BCUT2D eigenvalue weighted by atomic mass is 10.1. The van der Waals surface area contributed by atoms with Gasteiger partial charge < -0.3 is 9.64 Å². The Morgan fingerprint density at radius 2 is 1.82 bits per heavy atom. The van der Waals surface area contributed by atoms with Gasteiger partial charge in [0.25, 0.3) is 0 Å². The molecule has 0 aromatic heterocycles. The topological polar surface area (TPSA) is 29.5 Å². The van der Waals surface area contributed by atoms with E-state index in [4.69, 9.17) is 4.74 Å². The second-order valence-electron chi connectivity index (χ2n) is 4.93. The summed E-state index contributed by atoms with van der Waals surface area (Å²) in [6, 6.07) is 0.910. The highest BCUT2D eigenvalue weighted by Gasteiger charge is 2.23. The summed E-state index contributed by atoms with van der Waals surface area (Å²) in [4.78, 5) is 13.8. The summed E-state index contributed by atoms with van der Waals surface area (Å²) in [5, 5.41) is 0. The van der Waals surface area contributed by atoms with Crippen LogP contribution in [0.4, 0.5) is 4.79 Å². The van der Waals surface area contributed by atoms with Crippen molar-refractivity contribution in [3.05, 3.63) is 0 Å². The minimum absolute atomic E-state index is 0.176. The molecule has 0 N–H and O–H groups in total. The fourth-order valence-corrected chi connectivity index (χ4v) is 1.44. The van der Waals surface area contributed by atoms with E-state index >= 15 is 0 Å². The molecule has 0 aromatic rings. The summed E-state index contributed by atoms with van der Waals surface area (Å²) in [5.74, 6) is 0. The summed E-state index contributed by atoms with van der Waals surface area (Å²) in [7, 11) is 3.44. The second kappa shape index (κ2) is 8.56. The van der Waals surface area contributed by atoms with Crippen LogP contribution in [0.3, 0.4) is 0 Å². The quantitative estimate of drug-likeness (QED) is 0.623. The highest BCUT2D eigenvalue weighted by molar-refractivity contribution is 6.08. The van der Waals surface area contributed by atoms with Gasteiger partial charge in [-0.05, 0) is 33.1 Å². The van der Waals surface area contributed by atoms with Crippen LogP contribution in [0.25, 0.3) is 0 Å². The molecular weight excluding hydrogens is 230 g/mol. The van der Waals surface area contributed by atoms with Crippen molar-refractivity contribution >= 4 is 16.3 Å². The van der Waals surface area contributed by atoms with Crippen LogP contribution in [0.2, 0.25) is 6.04 Å². The average Bonchev–Trinajstić information content (AvgIpc) is 2.28. The maximum Gasteiger partial charge on any atom is 0.410 e. The van der Waals surface area contributed by atoms with Crippen molar-refractivity contribution in [1.29, 1.82) is 0 Å². The Morgan fingerprint density at radius 3 is 2.29 bits per heavy atom. The maximum absolute atomic E-state index is 12.0.